The second-order valence-corrected chi connectivity index (χ2v) is 8.28. The molecule has 0 unspecified atom stereocenters. The molecular formula is C26H28N6O6. The topological polar surface area (TPSA) is 168 Å². The first-order valence-electron chi connectivity index (χ1n) is 11.8. The molecule has 0 spiro atoms. The first-order chi connectivity index (χ1) is 18.4. The van der Waals surface area contributed by atoms with Crippen molar-refractivity contribution in [3.05, 3.63) is 83.7 Å². The Morgan fingerprint density at radius 1 is 1.00 bits per heavy atom. The summed E-state index contributed by atoms with van der Waals surface area (Å²) in [6.45, 7) is -0.0700. The first-order valence-corrected chi connectivity index (χ1v) is 11.8. The Morgan fingerprint density at radius 2 is 1.68 bits per heavy atom. The van der Waals surface area contributed by atoms with Gasteiger partial charge in [0.2, 0.25) is 5.91 Å². The van der Waals surface area contributed by atoms with Crippen molar-refractivity contribution in [2.75, 3.05) is 6.61 Å². The highest BCUT2D eigenvalue weighted by Crippen LogP contribution is 2.07. The Hall–Kier alpha value is -4.76. The molecule has 198 valence electrons. The van der Waals surface area contributed by atoms with Crippen molar-refractivity contribution in [1.82, 2.24) is 25.6 Å². The Bertz CT molecular complexity index is 1230. The van der Waals surface area contributed by atoms with E-state index in [0.717, 1.165) is 11.1 Å². The minimum atomic E-state index is -1.04. The van der Waals surface area contributed by atoms with Gasteiger partial charge in [-0.3, -0.25) is 9.59 Å². The van der Waals surface area contributed by atoms with E-state index in [1.165, 1.54) is 10.9 Å². The van der Waals surface area contributed by atoms with Crippen LogP contribution in [0.4, 0.5) is 4.79 Å². The van der Waals surface area contributed by atoms with Crippen LogP contribution >= 0.6 is 0 Å². The van der Waals surface area contributed by atoms with E-state index in [1.807, 2.05) is 66.7 Å². The third-order valence-electron chi connectivity index (χ3n) is 5.26. The number of nitriles is 1. The second kappa shape index (κ2) is 14.7. The normalized spacial score (nSPS) is 12.1. The van der Waals surface area contributed by atoms with E-state index in [9.17, 15) is 19.6 Å². The van der Waals surface area contributed by atoms with E-state index in [-0.39, 0.29) is 39.2 Å². The summed E-state index contributed by atoms with van der Waals surface area (Å²) < 4.78 is 11.9. The molecule has 0 saturated heterocycles. The van der Waals surface area contributed by atoms with Crippen molar-refractivity contribution >= 4 is 18.0 Å². The summed E-state index contributed by atoms with van der Waals surface area (Å²) in [7, 11) is 0. The molecule has 2 amide bonds. The highest BCUT2D eigenvalue weighted by atomic mass is 16.5. The van der Waals surface area contributed by atoms with Gasteiger partial charge in [0.25, 0.3) is 0 Å². The summed E-state index contributed by atoms with van der Waals surface area (Å²) in [6.07, 6.45) is 1.09. The van der Waals surface area contributed by atoms with Crippen LogP contribution in [-0.4, -0.2) is 56.8 Å². The number of carbonyl (C=O) groups is 3. The number of aliphatic carboxylic acids is 1. The van der Waals surface area contributed by atoms with Gasteiger partial charge in [0, 0.05) is 12.8 Å². The molecule has 38 heavy (non-hydrogen) atoms. The number of benzene rings is 2. The zero-order valence-electron chi connectivity index (χ0n) is 20.5. The minimum absolute atomic E-state index is 0.0502. The number of aromatic nitrogens is 3. The van der Waals surface area contributed by atoms with Crippen LogP contribution in [0.3, 0.4) is 0 Å². The smallest absolute Gasteiger partial charge is 0.408 e. The Labute approximate surface area is 219 Å². The molecule has 0 bridgehead atoms. The van der Waals surface area contributed by atoms with Crippen LogP contribution in [0.25, 0.3) is 0 Å². The summed E-state index contributed by atoms with van der Waals surface area (Å²) in [4.78, 5) is 36.2. The Kier molecular flexibility index (Phi) is 10.8. The highest BCUT2D eigenvalue weighted by Gasteiger charge is 2.24. The fourth-order valence-electron chi connectivity index (χ4n) is 3.41. The van der Waals surface area contributed by atoms with Gasteiger partial charge in [-0.1, -0.05) is 65.9 Å². The van der Waals surface area contributed by atoms with Crippen LogP contribution in [0.5, 0.6) is 0 Å². The molecule has 0 aliphatic heterocycles. The number of carboxylic acid groups (broad SMARTS) is 1. The maximum atomic E-state index is 13.0. The summed E-state index contributed by atoms with van der Waals surface area (Å²) in [5.41, 5.74) is 2.06. The van der Waals surface area contributed by atoms with Crippen molar-refractivity contribution < 1.29 is 29.0 Å². The number of rotatable bonds is 14. The van der Waals surface area contributed by atoms with Crippen LogP contribution in [0.2, 0.25) is 0 Å². The van der Waals surface area contributed by atoms with Gasteiger partial charge in [0.1, 0.15) is 30.9 Å². The molecule has 1 aromatic heterocycles. The minimum Gasteiger partial charge on any atom is -0.480 e. The van der Waals surface area contributed by atoms with Crippen molar-refractivity contribution in [2.45, 2.75) is 44.7 Å². The molecule has 2 aromatic carbocycles. The van der Waals surface area contributed by atoms with E-state index in [4.69, 9.17) is 14.6 Å². The molecule has 12 nitrogen and oxygen atoms in total. The van der Waals surface area contributed by atoms with Gasteiger partial charge < -0.3 is 25.2 Å². The Morgan fingerprint density at radius 3 is 2.34 bits per heavy atom. The third kappa shape index (κ3) is 9.71. The number of alkyl carbamates (subject to hydrolysis) is 1. The number of nitrogens with one attached hydrogen (secondary N) is 2. The van der Waals surface area contributed by atoms with Crippen LogP contribution < -0.4 is 10.6 Å². The highest BCUT2D eigenvalue weighted by molar-refractivity contribution is 5.86. The van der Waals surface area contributed by atoms with E-state index in [1.54, 1.807) is 0 Å². The number of hydrogen-bond donors (Lipinski definition) is 3. The fourth-order valence-corrected chi connectivity index (χ4v) is 3.41. The largest absolute Gasteiger partial charge is 0.480 e. The van der Waals surface area contributed by atoms with Gasteiger partial charge in [-0.15, -0.1) is 5.10 Å². The van der Waals surface area contributed by atoms with Gasteiger partial charge in [-0.25, -0.2) is 9.48 Å². The molecule has 0 fully saturated rings. The van der Waals surface area contributed by atoms with E-state index in [2.05, 4.69) is 20.9 Å². The van der Waals surface area contributed by atoms with Gasteiger partial charge in [0.05, 0.1) is 25.5 Å². The summed E-state index contributed by atoms with van der Waals surface area (Å²) in [5, 5.41) is 31.0. The van der Waals surface area contributed by atoms with Crippen molar-refractivity contribution in [1.29, 1.82) is 5.26 Å². The van der Waals surface area contributed by atoms with Crippen molar-refractivity contribution in [3.8, 4) is 6.07 Å². The van der Waals surface area contributed by atoms with Crippen LogP contribution in [-0.2, 0) is 45.2 Å². The maximum Gasteiger partial charge on any atom is 0.408 e. The Balaban J connectivity index is 1.51. The number of nitrogens with zero attached hydrogens (tertiary/aromatic N) is 4. The first kappa shape index (κ1) is 27.8. The lowest BCUT2D eigenvalue weighted by molar-refractivity contribution is -0.138. The quantitative estimate of drug-likeness (QED) is 0.268. The van der Waals surface area contributed by atoms with Crippen LogP contribution in [0.15, 0.2) is 66.9 Å². The SMILES string of the molecule is N#C[C@H](CCOCc1cn(CC(=O)O)nn1)NC(=O)[C@H](Cc1ccccc1)NC(=O)OCc1ccccc1. The predicted octanol–water partition coefficient (Wildman–Crippen LogP) is 1.82. The average Bonchev–Trinajstić information content (AvgIpc) is 3.36. The molecule has 0 saturated carbocycles. The second-order valence-electron chi connectivity index (χ2n) is 8.28. The van der Waals surface area contributed by atoms with E-state index in [0.29, 0.717) is 5.69 Å². The lowest BCUT2D eigenvalue weighted by Crippen LogP contribution is -2.50. The molecule has 3 aromatic rings. The molecule has 2 atom stereocenters. The van der Waals surface area contributed by atoms with E-state index >= 15 is 0 Å². The predicted molar refractivity (Wildman–Crippen MR) is 133 cm³/mol. The zero-order chi connectivity index (χ0) is 27.2. The van der Waals surface area contributed by atoms with Gasteiger partial charge in [-0.05, 0) is 11.1 Å². The summed E-state index contributed by atoms with van der Waals surface area (Å²) in [5.74, 6) is -1.58. The number of amides is 2. The lowest BCUT2D eigenvalue weighted by Gasteiger charge is -2.20. The molecule has 0 aliphatic rings. The van der Waals surface area contributed by atoms with E-state index < -0.39 is 30.1 Å². The molecule has 12 heteroatoms. The molecule has 3 N–H and O–H groups in total. The number of carboxylic acids is 1. The van der Waals surface area contributed by atoms with Gasteiger partial charge >= 0.3 is 12.1 Å². The maximum absolute atomic E-state index is 13.0. The van der Waals surface area contributed by atoms with Crippen LogP contribution in [0, 0.1) is 11.3 Å². The number of ether oxygens (including phenoxy) is 2. The number of hydrogen-bond acceptors (Lipinski definition) is 8. The number of carbonyl (C=O) groups excluding carboxylic acids is 2. The monoisotopic (exact) mass is 520 g/mol. The molecule has 1 heterocycles. The van der Waals surface area contributed by atoms with Gasteiger partial charge in [-0.2, -0.15) is 5.26 Å². The molecule has 0 radical (unpaired) electrons. The van der Waals surface area contributed by atoms with Crippen molar-refractivity contribution in [3.63, 3.8) is 0 Å². The zero-order valence-corrected chi connectivity index (χ0v) is 20.5. The van der Waals surface area contributed by atoms with Crippen molar-refractivity contribution in [2.24, 2.45) is 0 Å². The lowest BCUT2D eigenvalue weighted by atomic mass is 10.0. The standard InChI is InChI=1S/C26H28N6O6/c27-14-21(11-12-37-18-22-15-32(31-30-22)16-24(33)34)28-25(35)23(13-19-7-3-1-4-8-19)29-26(36)38-17-20-9-5-2-6-10-20/h1-10,15,21,23H,11-13,16-18H2,(H,28,35)(H,29,36)(H,33,34)/t21-,23-/m0/s1. The molecule has 0 aliphatic carbocycles. The van der Waals surface area contributed by atoms with Crippen LogP contribution in [0.1, 0.15) is 23.2 Å². The summed E-state index contributed by atoms with van der Waals surface area (Å²) >= 11 is 0. The molecule has 3 rings (SSSR count). The fraction of sp³-hybridized carbons (Fsp3) is 0.308. The molecular weight excluding hydrogens is 492 g/mol. The van der Waals surface area contributed by atoms with Gasteiger partial charge in [0.15, 0.2) is 0 Å². The summed E-state index contributed by atoms with van der Waals surface area (Å²) in [6, 6.07) is 18.5. The third-order valence-corrected chi connectivity index (χ3v) is 5.26. The average molecular weight is 521 g/mol.